The van der Waals surface area contributed by atoms with Crippen LogP contribution in [-0.2, 0) is 17.8 Å². The molecule has 4 rings (SSSR count). The quantitative estimate of drug-likeness (QED) is 0.787. The molecule has 1 amide bonds. The maximum Gasteiger partial charge on any atom is 0.240 e. The van der Waals surface area contributed by atoms with E-state index in [0.29, 0.717) is 13.0 Å². The smallest absolute Gasteiger partial charge is 0.240 e. The van der Waals surface area contributed by atoms with Gasteiger partial charge in [-0.2, -0.15) is 0 Å². The number of amides is 1. The van der Waals surface area contributed by atoms with Crippen LogP contribution in [0.3, 0.4) is 0 Å². The molecule has 1 aliphatic rings. The van der Waals surface area contributed by atoms with Crippen LogP contribution in [0.4, 0.5) is 5.82 Å². The van der Waals surface area contributed by atoms with Crippen molar-refractivity contribution in [3.8, 4) is 0 Å². The molecule has 0 bridgehead atoms. The first-order valence-electron chi connectivity index (χ1n) is 7.05. The van der Waals surface area contributed by atoms with E-state index in [0.717, 1.165) is 16.0 Å². The van der Waals surface area contributed by atoms with Crippen LogP contribution in [-0.4, -0.2) is 21.9 Å². The Hall–Kier alpha value is -2.47. The number of carbonyl (C=O) groups excluding carboxylic acids is 1. The van der Waals surface area contributed by atoms with Gasteiger partial charge < -0.3 is 10.6 Å². The third-order valence-electron chi connectivity index (χ3n) is 4.07. The summed E-state index contributed by atoms with van der Waals surface area (Å²) >= 11 is 1.58. The first-order chi connectivity index (χ1) is 10.7. The number of benzene rings is 1. The fourth-order valence-electron chi connectivity index (χ4n) is 2.98. The van der Waals surface area contributed by atoms with Gasteiger partial charge in [0.2, 0.25) is 5.91 Å². The van der Waals surface area contributed by atoms with E-state index in [1.165, 1.54) is 11.1 Å². The second kappa shape index (κ2) is 5.06. The summed E-state index contributed by atoms with van der Waals surface area (Å²) in [4.78, 5) is 22.7. The first-order valence-corrected chi connectivity index (χ1v) is 7.93. The maximum absolute atomic E-state index is 12.0. The van der Waals surface area contributed by atoms with Crippen molar-refractivity contribution in [3.05, 3.63) is 53.2 Å². The molecule has 0 saturated carbocycles. The Morgan fingerprint density at radius 2 is 2.05 bits per heavy atom. The van der Waals surface area contributed by atoms with E-state index in [4.69, 9.17) is 5.73 Å². The second-order valence-corrected chi connectivity index (χ2v) is 6.27. The molecule has 1 aromatic carbocycles. The molecule has 3 aromatic rings. The Morgan fingerprint density at radius 3 is 2.86 bits per heavy atom. The van der Waals surface area contributed by atoms with Gasteiger partial charge >= 0.3 is 0 Å². The van der Waals surface area contributed by atoms with Crippen molar-refractivity contribution in [3.63, 3.8) is 0 Å². The zero-order chi connectivity index (χ0) is 15.1. The van der Waals surface area contributed by atoms with Crippen LogP contribution in [0.2, 0.25) is 0 Å². The van der Waals surface area contributed by atoms with Gasteiger partial charge in [-0.15, -0.1) is 11.3 Å². The summed E-state index contributed by atoms with van der Waals surface area (Å²) in [5.41, 5.74) is 8.94. The summed E-state index contributed by atoms with van der Waals surface area (Å²) in [6.07, 6.45) is 2.16. The molecule has 3 heterocycles. The van der Waals surface area contributed by atoms with Crippen molar-refractivity contribution in [2.24, 2.45) is 5.73 Å². The maximum atomic E-state index is 12.0. The van der Waals surface area contributed by atoms with E-state index in [1.807, 2.05) is 28.5 Å². The fraction of sp³-hybridized carbons (Fsp3) is 0.188. The summed E-state index contributed by atoms with van der Waals surface area (Å²) in [6, 6.07) is 9.74. The van der Waals surface area contributed by atoms with Crippen molar-refractivity contribution in [1.82, 2.24) is 9.97 Å². The van der Waals surface area contributed by atoms with Crippen LogP contribution >= 0.6 is 11.3 Å². The van der Waals surface area contributed by atoms with E-state index < -0.39 is 0 Å². The Balaban J connectivity index is 1.85. The van der Waals surface area contributed by atoms with Gasteiger partial charge in [0.15, 0.2) is 5.82 Å². The lowest BCUT2D eigenvalue weighted by atomic mass is 9.93. The topological polar surface area (TPSA) is 72.1 Å². The second-order valence-electron chi connectivity index (χ2n) is 5.35. The lowest BCUT2D eigenvalue weighted by molar-refractivity contribution is -0.119. The highest BCUT2D eigenvalue weighted by molar-refractivity contribution is 7.17. The van der Waals surface area contributed by atoms with Gasteiger partial charge in [0, 0.05) is 13.0 Å². The van der Waals surface area contributed by atoms with Crippen molar-refractivity contribution in [2.75, 3.05) is 4.90 Å². The van der Waals surface area contributed by atoms with E-state index in [2.05, 4.69) is 22.1 Å². The van der Waals surface area contributed by atoms with Crippen LogP contribution < -0.4 is 10.6 Å². The predicted octanol–water partition coefficient (Wildman–Crippen LogP) is 2.11. The zero-order valence-electron chi connectivity index (χ0n) is 11.8. The number of nitrogens with two attached hydrogens (primary N) is 1. The van der Waals surface area contributed by atoms with Crippen LogP contribution in [0, 0.1) is 0 Å². The molecule has 6 heteroatoms. The van der Waals surface area contributed by atoms with Gasteiger partial charge in [0.25, 0.3) is 0 Å². The van der Waals surface area contributed by atoms with Gasteiger partial charge in [0.05, 0.1) is 10.2 Å². The number of thiophene rings is 1. The molecule has 0 radical (unpaired) electrons. The Kier molecular flexibility index (Phi) is 3.04. The molecule has 1 unspecified atom stereocenters. The van der Waals surface area contributed by atoms with E-state index >= 15 is 0 Å². The molecule has 1 atom stereocenters. The number of hydrogen-bond acceptors (Lipinski definition) is 5. The first kappa shape index (κ1) is 13.2. The van der Waals surface area contributed by atoms with Crippen molar-refractivity contribution in [1.29, 1.82) is 0 Å². The number of fused-ring (bicyclic) bond motifs is 2. The van der Waals surface area contributed by atoms with Gasteiger partial charge in [-0.1, -0.05) is 24.3 Å². The Morgan fingerprint density at radius 1 is 1.23 bits per heavy atom. The van der Waals surface area contributed by atoms with Crippen molar-refractivity contribution in [2.45, 2.75) is 19.0 Å². The summed E-state index contributed by atoms with van der Waals surface area (Å²) < 4.78 is 0.994. The average molecular weight is 310 g/mol. The van der Waals surface area contributed by atoms with E-state index in [-0.39, 0.29) is 11.9 Å². The van der Waals surface area contributed by atoms with Gasteiger partial charge in [0.1, 0.15) is 12.4 Å². The monoisotopic (exact) mass is 310 g/mol. The summed E-state index contributed by atoms with van der Waals surface area (Å²) in [7, 11) is 0. The summed E-state index contributed by atoms with van der Waals surface area (Å²) in [5, 5.41) is 1.99. The highest BCUT2D eigenvalue weighted by atomic mass is 32.1. The average Bonchev–Trinajstić information content (AvgIpc) is 3.02. The zero-order valence-corrected chi connectivity index (χ0v) is 12.6. The van der Waals surface area contributed by atoms with Crippen molar-refractivity contribution >= 4 is 33.3 Å². The third kappa shape index (κ3) is 2.03. The lowest BCUT2D eigenvalue weighted by Gasteiger charge is -2.36. The number of anilines is 1. The van der Waals surface area contributed by atoms with Crippen LogP contribution in [0.15, 0.2) is 42.0 Å². The normalized spacial score (nSPS) is 17.5. The van der Waals surface area contributed by atoms with Crippen molar-refractivity contribution < 1.29 is 4.79 Å². The molecule has 2 N–H and O–H groups in total. The molecule has 0 fully saturated rings. The number of primary amides is 1. The molecular formula is C16H14N4OS. The van der Waals surface area contributed by atoms with E-state index in [9.17, 15) is 4.79 Å². The highest BCUT2D eigenvalue weighted by Gasteiger charge is 2.32. The highest BCUT2D eigenvalue weighted by Crippen LogP contribution is 2.33. The minimum Gasteiger partial charge on any atom is -0.368 e. The third-order valence-corrected chi connectivity index (χ3v) is 4.97. The molecule has 110 valence electrons. The molecule has 22 heavy (non-hydrogen) atoms. The number of rotatable bonds is 2. The van der Waals surface area contributed by atoms with Crippen LogP contribution in [0.5, 0.6) is 0 Å². The molecule has 0 saturated heterocycles. The summed E-state index contributed by atoms with van der Waals surface area (Å²) in [6.45, 7) is 0.633. The molecule has 0 spiro atoms. The van der Waals surface area contributed by atoms with Gasteiger partial charge in [-0.25, -0.2) is 9.97 Å². The number of aromatic nitrogens is 2. The number of carbonyl (C=O) groups is 1. The Labute approximate surface area is 131 Å². The molecule has 5 nitrogen and oxygen atoms in total. The van der Waals surface area contributed by atoms with E-state index in [1.54, 1.807) is 17.7 Å². The predicted molar refractivity (Wildman–Crippen MR) is 86.7 cm³/mol. The number of hydrogen-bond donors (Lipinski definition) is 1. The minimum atomic E-state index is -0.380. The van der Waals surface area contributed by atoms with Gasteiger partial charge in [-0.05, 0) is 22.6 Å². The largest absolute Gasteiger partial charge is 0.368 e. The SMILES string of the molecule is NC(=O)C1Cc2ccccc2CN1c1ncnc2ccsc12. The summed E-state index contributed by atoms with van der Waals surface area (Å²) in [5.74, 6) is 0.469. The number of nitrogens with zero attached hydrogens (tertiary/aromatic N) is 3. The standard InChI is InChI=1S/C16H14N4OS/c17-15(21)13-7-10-3-1-2-4-11(10)8-20(13)16-14-12(5-6-22-14)18-9-19-16/h1-6,9,13H,7-8H2,(H2,17,21). The molecule has 0 aliphatic carbocycles. The van der Waals surface area contributed by atoms with Crippen LogP contribution in [0.25, 0.3) is 10.2 Å². The lowest BCUT2D eigenvalue weighted by Crippen LogP contribution is -2.49. The molecular weight excluding hydrogens is 296 g/mol. The van der Waals surface area contributed by atoms with Gasteiger partial charge in [-0.3, -0.25) is 4.79 Å². The molecule has 1 aliphatic heterocycles. The fourth-order valence-corrected chi connectivity index (χ4v) is 3.83. The minimum absolute atomic E-state index is 0.321. The molecule has 2 aromatic heterocycles. The van der Waals surface area contributed by atoms with Crippen LogP contribution in [0.1, 0.15) is 11.1 Å². The Bertz CT molecular complexity index is 860.